The summed E-state index contributed by atoms with van der Waals surface area (Å²) in [5.41, 5.74) is 0. The quantitative estimate of drug-likeness (QED) is 0.0518. The van der Waals surface area contributed by atoms with E-state index in [2.05, 4.69) is 129 Å². The fourth-order valence-electron chi connectivity index (χ4n) is 4.71. The van der Waals surface area contributed by atoms with E-state index in [1.165, 1.54) is 25.7 Å². The normalized spacial score (nSPS) is 14.4. The molecule has 4 nitrogen and oxygen atoms in total. The molecule has 2 atom stereocenters. The van der Waals surface area contributed by atoms with Crippen LogP contribution in [0.4, 0.5) is 0 Å². The number of allylic oxidation sites excluding steroid dienone is 18. The Bertz CT molecular complexity index is 964. The molecule has 0 radical (unpaired) electrons. The predicted molar refractivity (Wildman–Crippen MR) is 206 cm³/mol. The number of rotatable bonds is 31. The van der Waals surface area contributed by atoms with Crippen LogP contribution < -0.4 is 5.32 Å². The highest BCUT2D eigenvalue weighted by molar-refractivity contribution is 5.76. The first-order valence-corrected chi connectivity index (χ1v) is 18.6. The van der Waals surface area contributed by atoms with Gasteiger partial charge in [-0.3, -0.25) is 4.79 Å². The summed E-state index contributed by atoms with van der Waals surface area (Å²) in [5, 5.41) is 22.7. The van der Waals surface area contributed by atoms with Crippen LogP contribution in [0.3, 0.4) is 0 Å². The summed E-state index contributed by atoms with van der Waals surface area (Å²) in [6.45, 7) is 4.13. The van der Waals surface area contributed by atoms with Gasteiger partial charge in [0.15, 0.2) is 0 Å². The molecule has 264 valence electrons. The molecule has 1 amide bonds. The smallest absolute Gasteiger partial charge is 0.220 e. The predicted octanol–water partition coefficient (Wildman–Crippen LogP) is 11.3. The third-order valence-corrected chi connectivity index (χ3v) is 7.55. The number of carbonyl (C=O) groups is 1. The summed E-state index contributed by atoms with van der Waals surface area (Å²) in [7, 11) is 0. The molecule has 0 heterocycles. The summed E-state index contributed by atoms with van der Waals surface area (Å²) in [6.07, 6.45) is 57.4. The lowest BCUT2D eigenvalue weighted by molar-refractivity contribution is -0.123. The summed E-state index contributed by atoms with van der Waals surface area (Å²) in [4.78, 5) is 12.2. The molecular formula is C43H69NO3. The third kappa shape index (κ3) is 34.2. The summed E-state index contributed by atoms with van der Waals surface area (Å²) in [5.74, 6) is -0.102. The van der Waals surface area contributed by atoms with Crippen LogP contribution in [0.15, 0.2) is 109 Å². The number of hydrogen-bond acceptors (Lipinski definition) is 3. The molecule has 4 heteroatoms. The lowest BCUT2D eigenvalue weighted by atomic mass is 10.0. The third-order valence-electron chi connectivity index (χ3n) is 7.55. The molecule has 0 aliphatic rings. The van der Waals surface area contributed by atoms with Gasteiger partial charge in [0, 0.05) is 6.42 Å². The lowest BCUT2D eigenvalue weighted by Crippen LogP contribution is -2.45. The van der Waals surface area contributed by atoms with Gasteiger partial charge in [-0.05, 0) is 77.0 Å². The van der Waals surface area contributed by atoms with Crippen molar-refractivity contribution in [2.24, 2.45) is 0 Å². The highest BCUT2D eigenvalue weighted by Gasteiger charge is 2.19. The Morgan fingerprint density at radius 3 is 1.32 bits per heavy atom. The Kier molecular flexibility index (Phi) is 35.2. The van der Waals surface area contributed by atoms with E-state index in [1.807, 2.05) is 0 Å². The van der Waals surface area contributed by atoms with E-state index in [0.717, 1.165) is 83.5 Å². The summed E-state index contributed by atoms with van der Waals surface area (Å²) in [6, 6.07) is -0.571. The first-order chi connectivity index (χ1) is 23.2. The first kappa shape index (κ1) is 44.0. The molecule has 0 aromatic carbocycles. The van der Waals surface area contributed by atoms with E-state index in [0.29, 0.717) is 12.8 Å². The fraction of sp³-hybridized carbons (Fsp3) is 0.558. The van der Waals surface area contributed by atoms with E-state index in [9.17, 15) is 15.0 Å². The van der Waals surface area contributed by atoms with Crippen molar-refractivity contribution >= 4 is 5.91 Å². The Morgan fingerprint density at radius 1 is 0.532 bits per heavy atom. The maximum absolute atomic E-state index is 12.2. The van der Waals surface area contributed by atoms with Gasteiger partial charge in [0.1, 0.15) is 0 Å². The van der Waals surface area contributed by atoms with Crippen molar-refractivity contribution in [3.05, 3.63) is 109 Å². The topological polar surface area (TPSA) is 69.6 Å². The number of hydrogen-bond donors (Lipinski definition) is 3. The molecule has 0 saturated carbocycles. The maximum Gasteiger partial charge on any atom is 0.220 e. The van der Waals surface area contributed by atoms with Crippen LogP contribution >= 0.6 is 0 Å². The molecule has 2 unspecified atom stereocenters. The summed E-state index contributed by atoms with van der Waals surface area (Å²) < 4.78 is 0. The van der Waals surface area contributed by atoms with Gasteiger partial charge in [0.05, 0.1) is 18.8 Å². The van der Waals surface area contributed by atoms with Crippen LogP contribution in [-0.4, -0.2) is 34.9 Å². The Morgan fingerprint density at radius 2 is 0.915 bits per heavy atom. The van der Waals surface area contributed by atoms with Crippen LogP contribution in [0.1, 0.15) is 136 Å². The average molecular weight is 648 g/mol. The van der Waals surface area contributed by atoms with Gasteiger partial charge in [0.2, 0.25) is 5.91 Å². The number of carbonyl (C=O) groups excluding carboxylic acids is 1. The molecule has 0 bridgehead atoms. The second-order valence-corrected chi connectivity index (χ2v) is 11.9. The molecule has 0 aliphatic heterocycles. The number of amides is 1. The second kappa shape index (κ2) is 37.5. The number of nitrogens with one attached hydrogen (secondary N) is 1. The zero-order chi connectivity index (χ0) is 34.3. The minimum absolute atomic E-state index is 0.102. The van der Waals surface area contributed by atoms with Crippen LogP contribution in [0.25, 0.3) is 0 Å². The number of aliphatic hydroxyl groups is 2. The van der Waals surface area contributed by atoms with Crippen LogP contribution in [-0.2, 0) is 4.79 Å². The van der Waals surface area contributed by atoms with Gasteiger partial charge in [-0.25, -0.2) is 0 Å². The minimum Gasteiger partial charge on any atom is -0.394 e. The van der Waals surface area contributed by atoms with Crippen molar-refractivity contribution in [2.45, 2.75) is 148 Å². The van der Waals surface area contributed by atoms with Crippen molar-refractivity contribution < 1.29 is 15.0 Å². The zero-order valence-corrected chi connectivity index (χ0v) is 30.0. The van der Waals surface area contributed by atoms with E-state index in [-0.39, 0.29) is 12.5 Å². The van der Waals surface area contributed by atoms with E-state index >= 15 is 0 Å². The molecule has 0 aromatic heterocycles. The highest BCUT2D eigenvalue weighted by Crippen LogP contribution is 2.11. The Labute approximate surface area is 289 Å². The van der Waals surface area contributed by atoms with Crippen molar-refractivity contribution in [3.63, 3.8) is 0 Å². The number of unbranched alkanes of at least 4 members (excludes halogenated alkanes) is 6. The SMILES string of the molecule is CC/C=C\C/C=C\C/C=C\C/C=C\C/C=C\C/C=C\C/C=C\C/C=C\C/C=C\CCCC(=O)NC(CO)C(O)CCCCCCCC. The highest BCUT2D eigenvalue weighted by atomic mass is 16.3. The standard InChI is InChI=1S/C43H69NO3/c1-3-5-7-9-11-12-13-14-15-16-17-18-19-20-21-22-23-24-25-26-27-28-29-30-31-32-33-35-37-39-43(47)44-41(40-45)42(46)38-36-34-10-8-6-4-2/h5,7,11-12,14-15,17-18,20-21,23-24,26-27,29-30,32-33,41-42,45-46H,3-4,6,8-10,13,16,19,22,25,28,31,34-40H2,1-2H3,(H,44,47)/b7-5-,12-11-,15-14-,18-17-,21-20-,24-23-,27-26-,30-29-,33-32-. The molecule has 0 spiro atoms. The van der Waals surface area contributed by atoms with E-state index in [4.69, 9.17) is 0 Å². The zero-order valence-electron chi connectivity index (χ0n) is 30.0. The van der Waals surface area contributed by atoms with E-state index in [1.54, 1.807) is 0 Å². The molecular weight excluding hydrogens is 578 g/mol. The van der Waals surface area contributed by atoms with Gasteiger partial charge in [-0.2, -0.15) is 0 Å². The van der Waals surface area contributed by atoms with Gasteiger partial charge in [0.25, 0.3) is 0 Å². The van der Waals surface area contributed by atoms with Gasteiger partial charge >= 0.3 is 0 Å². The molecule has 3 N–H and O–H groups in total. The van der Waals surface area contributed by atoms with Crippen molar-refractivity contribution in [1.82, 2.24) is 5.32 Å². The molecule has 0 rings (SSSR count). The van der Waals surface area contributed by atoms with Crippen molar-refractivity contribution in [3.8, 4) is 0 Å². The molecule has 0 aliphatic carbocycles. The second-order valence-electron chi connectivity index (χ2n) is 11.9. The Balaban J connectivity index is 3.76. The maximum atomic E-state index is 12.2. The van der Waals surface area contributed by atoms with Crippen molar-refractivity contribution in [1.29, 1.82) is 0 Å². The van der Waals surface area contributed by atoms with Crippen LogP contribution in [0.2, 0.25) is 0 Å². The van der Waals surface area contributed by atoms with Gasteiger partial charge < -0.3 is 15.5 Å². The van der Waals surface area contributed by atoms with Crippen LogP contribution in [0.5, 0.6) is 0 Å². The lowest BCUT2D eigenvalue weighted by Gasteiger charge is -2.22. The molecule has 0 fully saturated rings. The Hall–Kier alpha value is -2.95. The fourth-order valence-corrected chi connectivity index (χ4v) is 4.71. The van der Waals surface area contributed by atoms with Gasteiger partial charge in [-0.1, -0.05) is 162 Å². The van der Waals surface area contributed by atoms with Crippen LogP contribution in [0, 0.1) is 0 Å². The minimum atomic E-state index is -0.687. The summed E-state index contributed by atoms with van der Waals surface area (Å²) >= 11 is 0. The van der Waals surface area contributed by atoms with Gasteiger partial charge in [-0.15, -0.1) is 0 Å². The largest absolute Gasteiger partial charge is 0.394 e. The first-order valence-electron chi connectivity index (χ1n) is 18.6. The molecule has 0 aromatic rings. The molecule has 47 heavy (non-hydrogen) atoms. The molecule has 0 saturated heterocycles. The monoisotopic (exact) mass is 648 g/mol. The average Bonchev–Trinajstić information content (AvgIpc) is 3.07. The van der Waals surface area contributed by atoms with Crippen molar-refractivity contribution in [2.75, 3.05) is 6.61 Å². The number of aliphatic hydroxyl groups excluding tert-OH is 2. The van der Waals surface area contributed by atoms with E-state index < -0.39 is 12.1 Å².